The Hall–Kier alpha value is -1.68. The fourth-order valence-corrected chi connectivity index (χ4v) is 3.41. The van der Waals surface area contributed by atoms with Crippen molar-refractivity contribution < 1.29 is 4.79 Å². The van der Waals surface area contributed by atoms with Crippen molar-refractivity contribution in [2.75, 3.05) is 13.1 Å². The molecule has 1 fully saturated rings. The number of carbonyl (C=O) groups is 1. The summed E-state index contributed by atoms with van der Waals surface area (Å²) in [5, 5.41) is 0. The summed E-state index contributed by atoms with van der Waals surface area (Å²) >= 11 is 0. The smallest absolute Gasteiger partial charge is 0.150 e. The number of hydrogen-bond donors (Lipinski definition) is 0. The third-order valence-corrected chi connectivity index (χ3v) is 4.81. The quantitative estimate of drug-likeness (QED) is 0.785. The lowest BCUT2D eigenvalue weighted by Gasteiger charge is -2.36. The highest BCUT2D eigenvalue weighted by Crippen LogP contribution is 2.27. The first-order chi connectivity index (χ1) is 9.85. The lowest BCUT2D eigenvalue weighted by molar-refractivity contribution is 0.112. The van der Waals surface area contributed by atoms with Crippen LogP contribution in [0.15, 0.2) is 18.2 Å². The number of aromatic nitrogens is 2. The van der Waals surface area contributed by atoms with Crippen LogP contribution in [0.3, 0.4) is 0 Å². The predicted octanol–water partition coefficient (Wildman–Crippen LogP) is 2.26. The zero-order chi connectivity index (χ0) is 13.5. The van der Waals surface area contributed by atoms with E-state index < -0.39 is 0 Å². The Labute approximate surface area is 118 Å². The normalized spacial score (nSPS) is 20.4. The second-order valence-corrected chi connectivity index (χ2v) is 5.92. The van der Waals surface area contributed by atoms with E-state index in [0.717, 1.165) is 43.9 Å². The Morgan fingerprint density at radius 1 is 1.20 bits per heavy atom. The average Bonchev–Trinajstić information content (AvgIpc) is 2.64. The molecule has 1 aromatic carbocycles. The van der Waals surface area contributed by atoms with E-state index in [9.17, 15) is 4.79 Å². The van der Waals surface area contributed by atoms with Crippen molar-refractivity contribution in [1.82, 2.24) is 14.5 Å². The molecule has 0 N–H and O–H groups in total. The Morgan fingerprint density at radius 3 is 2.85 bits per heavy atom. The minimum Gasteiger partial charge on any atom is -0.327 e. The molecule has 0 spiro atoms. The van der Waals surface area contributed by atoms with E-state index in [-0.39, 0.29) is 0 Å². The highest BCUT2D eigenvalue weighted by molar-refractivity contribution is 5.85. The second kappa shape index (κ2) is 4.70. The maximum Gasteiger partial charge on any atom is 0.150 e. The van der Waals surface area contributed by atoms with Gasteiger partial charge in [-0.25, -0.2) is 4.98 Å². The summed E-state index contributed by atoms with van der Waals surface area (Å²) in [5.74, 6) is 1.17. The number of imidazole rings is 1. The van der Waals surface area contributed by atoms with Crippen LogP contribution in [0.5, 0.6) is 0 Å². The van der Waals surface area contributed by atoms with Crippen LogP contribution in [0.1, 0.15) is 35.4 Å². The fourth-order valence-electron chi connectivity index (χ4n) is 3.41. The molecule has 4 rings (SSSR count). The van der Waals surface area contributed by atoms with Crippen molar-refractivity contribution in [3.63, 3.8) is 0 Å². The molecule has 20 heavy (non-hydrogen) atoms. The molecule has 4 nitrogen and oxygen atoms in total. The van der Waals surface area contributed by atoms with E-state index >= 15 is 0 Å². The van der Waals surface area contributed by atoms with Crippen LogP contribution in [-0.4, -0.2) is 39.9 Å². The summed E-state index contributed by atoms with van der Waals surface area (Å²) in [6, 6.07) is 6.63. The van der Waals surface area contributed by atoms with Crippen molar-refractivity contribution in [3.8, 4) is 0 Å². The summed E-state index contributed by atoms with van der Waals surface area (Å²) in [6.45, 7) is 3.26. The molecule has 2 aromatic rings. The maximum absolute atomic E-state index is 10.9. The van der Waals surface area contributed by atoms with Gasteiger partial charge in [0, 0.05) is 37.7 Å². The second-order valence-electron chi connectivity index (χ2n) is 5.92. The van der Waals surface area contributed by atoms with Gasteiger partial charge in [-0.1, -0.05) is 6.42 Å². The van der Waals surface area contributed by atoms with Gasteiger partial charge in [0.15, 0.2) is 0 Å². The van der Waals surface area contributed by atoms with Crippen LogP contribution < -0.4 is 0 Å². The minimum absolute atomic E-state index is 0.710. The van der Waals surface area contributed by atoms with Crippen molar-refractivity contribution >= 4 is 17.3 Å². The van der Waals surface area contributed by atoms with Gasteiger partial charge in [0.05, 0.1) is 11.0 Å². The maximum atomic E-state index is 10.9. The molecule has 0 unspecified atom stereocenters. The first-order valence-electron chi connectivity index (χ1n) is 7.53. The standard InChI is InChI=1S/C16H19N3O/c20-11-12-4-5-15-14(10-12)17-16-6-7-18(8-9-19(15)16)13-2-1-3-13/h4-5,10-11,13H,1-3,6-9H2. The topological polar surface area (TPSA) is 38.1 Å². The number of aldehydes is 1. The van der Waals surface area contributed by atoms with Crippen molar-refractivity contribution in [2.45, 2.75) is 38.3 Å². The van der Waals surface area contributed by atoms with Gasteiger partial charge >= 0.3 is 0 Å². The van der Waals surface area contributed by atoms with Gasteiger partial charge < -0.3 is 4.57 Å². The molecule has 1 aliphatic heterocycles. The minimum atomic E-state index is 0.710. The van der Waals surface area contributed by atoms with Crippen LogP contribution in [0.4, 0.5) is 0 Å². The van der Waals surface area contributed by atoms with E-state index in [1.807, 2.05) is 18.2 Å². The Morgan fingerprint density at radius 2 is 2.10 bits per heavy atom. The molecule has 4 heteroatoms. The molecule has 0 amide bonds. The molecular weight excluding hydrogens is 250 g/mol. The van der Waals surface area contributed by atoms with Crippen LogP contribution in [0.2, 0.25) is 0 Å². The van der Waals surface area contributed by atoms with Gasteiger partial charge in [0.25, 0.3) is 0 Å². The predicted molar refractivity (Wildman–Crippen MR) is 78.0 cm³/mol. The SMILES string of the molecule is O=Cc1ccc2c(c1)nc1n2CCN(C2CCC2)CC1. The van der Waals surface area contributed by atoms with Crippen molar-refractivity contribution in [1.29, 1.82) is 0 Å². The van der Waals surface area contributed by atoms with Crippen LogP contribution in [-0.2, 0) is 13.0 Å². The van der Waals surface area contributed by atoms with E-state index in [0.29, 0.717) is 5.56 Å². The molecule has 1 aliphatic carbocycles. The number of hydrogen-bond acceptors (Lipinski definition) is 3. The van der Waals surface area contributed by atoms with E-state index in [1.165, 1.54) is 30.6 Å². The Kier molecular flexibility index (Phi) is 2.84. The number of rotatable bonds is 2. The first kappa shape index (κ1) is 12.1. The highest BCUT2D eigenvalue weighted by Gasteiger charge is 2.27. The summed E-state index contributed by atoms with van der Waals surface area (Å²) < 4.78 is 2.34. The zero-order valence-electron chi connectivity index (χ0n) is 11.6. The number of benzene rings is 1. The first-order valence-corrected chi connectivity index (χ1v) is 7.53. The van der Waals surface area contributed by atoms with Gasteiger partial charge in [-0.3, -0.25) is 9.69 Å². The fraction of sp³-hybridized carbons (Fsp3) is 0.500. The molecule has 0 radical (unpaired) electrons. The number of nitrogens with zero attached hydrogens (tertiary/aromatic N) is 3. The average molecular weight is 269 g/mol. The van der Waals surface area contributed by atoms with Crippen LogP contribution in [0, 0.1) is 0 Å². The molecule has 1 aromatic heterocycles. The number of carbonyl (C=O) groups excluding carboxylic acids is 1. The van der Waals surface area contributed by atoms with Gasteiger partial charge in [0.2, 0.25) is 0 Å². The Bertz CT molecular complexity index is 657. The molecule has 104 valence electrons. The lowest BCUT2D eigenvalue weighted by atomic mass is 9.91. The van der Waals surface area contributed by atoms with Crippen molar-refractivity contribution in [2.24, 2.45) is 0 Å². The third kappa shape index (κ3) is 1.86. The summed E-state index contributed by atoms with van der Waals surface area (Å²) in [6.07, 6.45) is 6.03. The van der Waals surface area contributed by atoms with Crippen LogP contribution in [0.25, 0.3) is 11.0 Å². The number of fused-ring (bicyclic) bond motifs is 3. The highest BCUT2D eigenvalue weighted by atomic mass is 16.1. The van der Waals surface area contributed by atoms with Crippen molar-refractivity contribution in [3.05, 3.63) is 29.6 Å². The molecule has 2 heterocycles. The van der Waals surface area contributed by atoms with E-state index in [4.69, 9.17) is 4.98 Å². The lowest BCUT2D eigenvalue weighted by Crippen LogP contribution is -2.41. The van der Waals surface area contributed by atoms with Gasteiger partial charge in [-0.2, -0.15) is 0 Å². The molecule has 1 saturated carbocycles. The Balaban J connectivity index is 1.66. The molecular formula is C16H19N3O. The van der Waals surface area contributed by atoms with Crippen LogP contribution >= 0.6 is 0 Å². The zero-order valence-corrected chi connectivity index (χ0v) is 11.6. The summed E-state index contributed by atoms with van der Waals surface area (Å²) in [4.78, 5) is 18.2. The molecule has 0 bridgehead atoms. The summed E-state index contributed by atoms with van der Waals surface area (Å²) in [5.41, 5.74) is 2.84. The largest absolute Gasteiger partial charge is 0.327 e. The molecule has 2 aliphatic rings. The van der Waals surface area contributed by atoms with E-state index in [1.54, 1.807) is 0 Å². The van der Waals surface area contributed by atoms with E-state index in [2.05, 4.69) is 9.47 Å². The van der Waals surface area contributed by atoms with Gasteiger partial charge in [0.1, 0.15) is 12.1 Å². The molecule has 0 atom stereocenters. The third-order valence-electron chi connectivity index (χ3n) is 4.81. The monoisotopic (exact) mass is 269 g/mol. The summed E-state index contributed by atoms with van der Waals surface area (Å²) in [7, 11) is 0. The van der Waals surface area contributed by atoms with Gasteiger partial charge in [-0.15, -0.1) is 0 Å². The molecule has 0 saturated heterocycles. The van der Waals surface area contributed by atoms with Gasteiger partial charge in [-0.05, 0) is 31.0 Å².